The number of urea groups is 1. The average molecular weight is 483 g/mol. The van der Waals surface area contributed by atoms with E-state index in [0.29, 0.717) is 23.4 Å². The molecule has 1 aromatic heterocycles. The maximum Gasteiger partial charge on any atom is 0.329 e. The smallest absolute Gasteiger partial charge is 0.329 e. The van der Waals surface area contributed by atoms with Gasteiger partial charge in [-0.1, -0.05) is 54.1 Å². The van der Waals surface area contributed by atoms with Crippen LogP contribution in [0, 0.1) is 12.7 Å². The molecule has 0 unspecified atom stereocenters. The number of imide groups is 1. The van der Waals surface area contributed by atoms with E-state index in [2.05, 4.69) is 10.6 Å². The van der Waals surface area contributed by atoms with Gasteiger partial charge in [0.2, 0.25) is 5.91 Å². The number of hydrogen-bond acceptors (Lipinski definition) is 3. The minimum atomic E-state index is -0.666. The van der Waals surface area contributed by atoms with E-state index in [4.69, 9.17) is 0 Å². The topological polar surface area (TPSA) is 83.4 Å². The third kappa shape index (κ3) is 4.61. The van der Waals surface area contributed by atoms with Gasteiger partial charge in [-0.25, -0.2) is 14.1 Å². The van der Waals surface area contributed by atoms with Crippen molar-refractivity contribution in [2.45, 2.75) is 13.5 Å². The van der Waals surface area contributed by atoms with Gasteiger partial charge in [0.15, 0.2) is 0 Å². The summed E-state index contributed by atoms with van der Waals surface area (Å²) in [5.41, 5.74) is 3.78. The van der Waals surface area contributed by atoms with Crippen LogP contribution in [-0.4, -0.2) is 33.9 Å². The molecule has 0 radical (unpaired) electrons. The van der Waals surface area contributed by atoms with Crippen LogP contribution in [0.5, 0.6) is 0 Å². The van der Waals surface area contributed by atoms with Crippen LogP contribution in [0.4, 0.5) is 14.9 Å². The summed E-state index contributed by atoms with van der Waals surface area (Å²) in [4.78, 5) is 38.8. The summed E-state index contributed by atoms with van der Waals surface area (Å²) in [7, 11) is 0. The Morgan fingerprint density at radius 3 is 2.50 bits per heavy atom. The van der Waals surface area contributed by atoms with Crippen LogP contribution in [0.3, 0.4) is 0 Å². The molecule has 0 bridgehead atoms. The molecule has 36 heavy (non-hydrogen) atoms. The number of carbonyl (C=O) groups excluding carboxylic acids is 3. The zero-order chi connectivity index (χ0) is 25.2. The number of rotatable bonds is 6. The number of nitrogens with zero attached hydrogens (tertiary/aromatic N) is 2. The fourth-order valence-corrected chi connectivity index (χ4v) is 4.18. The van der Waals surface area contributed by atoms with E-state index in [9.17, 15) is 18.8 Å². The summed E-state index contributed by atoms with van der Waals surface area (Å²) in [6.07, 6.45) is 3.40. The van der Waals surface area contributed by atoms with Gasteiger partial charge in [0.05, 0.1) is 6.54 Å². The number of anilines is 1. The average Bonchev–Trinajstić information content (AvgIpc) is 3.34. The van der Waals surface area contributed by atoms with Crippen LogP contribution in [0.15, 0.2) is 84.7 Å². The lowest BCUT2D eigenvalue weighted by Crippen LogP contribution is -2.38. The quantitative estimate of drug-likeness (QED) is 0.310. The van der Waals surface area contributed by atoms with Gasteiger partial charge < -0.3 is 15.2 Å². The first-order valence-corrected chi connectivity index (χ1v) is 11.4. The van der Waals surface area contributed by atoms with Gasteiger partial charge in [-0.05, 0) is 37.3 Å². The molecule has 5 rings (SSSR count). The molecule has 4 aromatic rings. The van der Waals surface area contributed by atoms with Crippen LogP contribution in [0.2, 0.25) is 0 Å². The van der Waals surface area contributed by atoms with Crippen molar-refractivity contribution < 1.29 is 18.8 Å². The standard InChI is InChI=1S/C28H23FN4O3/c1-18-10-12-21(13-11-18)30-26(34)17-33-27(35)24(31-28(33)36)14-20-16-32(25-9-5-3-7-22(20)25)15-19-6-2-4-8-23(19)29/h2-14,16H,15,17H2,1H3,(H,30,34)(H,31,36). The lowest BCUT2D eigenvalue weighted by molar-refractivity contribution is -0.127. The molecule has 2 heterocycles. The first-order valence-electron chi connectivity index (χ1n) is 11.4. The van der Waals surface area contributed by atoms with E-state index >= 15 is 0 Å². The summed E-state index contributed by atoms with van der Waals surface area (Å²) in [5.74, 6) is -1.37. The number of para-hydroxylation sites is 1. The van der Waals surface area contributed by atoms with Gasteiger partial charge in [-0.15, -0.1) is 0 Å². The third-order valence-corrected chi connectivity index (χ3v) is 6.02. The van der Waals surface area contributed by atoms with Crippen molar-refractivity contribution in [3.05, 3.63) is 107 Å². The number of amides is 4. The van der Waals surface area contributed by atoms with Crippen molar-refractivity contribution in [2.75, 3.05) is 11.9 Å². The van der Waals surface area contributed by atoms with Gasteiger partial charge >= 0.3 is 6.03 Å². The normalized spacial score (nSPS) is 14.5. The number of halogens is 1. The fraction of sp³-hybridized carbons (Fsp3) is 0.107. The minimum Gasteiger partial charge on any atom is -0.342 e. The van der Waals surface area contributed by atoms with Crippen molar-refractivity contribution in [3.63, 3.8) is 0 Å². The summed E-state index contributed by atoms with van der Waals surface area (Å²) < 4.78 is 16.1. The largest absolute Gasteiger partial charge is 0.342 e. The van der Waals surface area contributed by atoms with Gasteiger partial charge in [0.25, 0.3) is 5.91 Å². The van der Waals surface area contributed by atoms with Crippen molar-refractivity contribution >= 4 is 40.5 Å². The lowest BCUT2D eigenvalue weighted by atomic mass is 10.1. The van der Waals surface area contributed by atoms with Crippen molar-refractivity contribution in [2.24, 2.45) is 0 Å². The molecule has 1 aliphatic heterocycles. The molecule has 0 spiro atoms. The number of carbonyl (C=O) groups is 3. The van der Waals surface area contributed by atoms with Gasteiger partial charge in [0.1, 0.15) is 18.1 Å². The Balaban J connectivity index is 1.38. The van der Waals surface area contributed by atoms with Crippen LogP contribution < -0.4 is 10.6 Å². The molecule has 1 fully saturated rings. The number of hydrogen-bond donors (Lipinski definition) is 2. The third-order valence-electron chi connectivity index (χ3n) is 6.02. The maximum atomic E-state index is 14.3. The Morgan fingerprint density at radius 2 is 1.72 bits per heavy atom. The molecule has 0 atom stereocenters. The molecular weight excluding hydrogens is 459 g/mol. The van der Waals surface area contributed by atoms with E-state index in [1.807, 2.05) is 54.1 Å². The number of aromatic nitrogens is 1. The predicted octanol–water partition coefficient (Wildman–Crippen LogP) is 4.67. The number of aryl methyl sites for hydroxylation is 1. The lowest BCUT2D eigenvalue weighted by Gasteiger charge is -2.12. The van der Waals surface area contributed by atoms with Crippen LogP contribution in [0.25, 0.3) is 17.0 Å². The fourth-order valence-electron chi connectivity index (χ4n) is 4.18. The Labute approximate surface area is 206 Å². The zero-order valence-corrected chi connectivity index (χ0v) is 19.5. The van der Waals surface area contributed by atoms with E-state index in [1.54, 1.807) is 36.4 Å². The molecule has 8 heteroatoms. The Hall–Kier alpha value is -4.72. The summed E-state index contributed by atoms with van der Waals surface area (Å²) in [5, 5.41) is 6.10. The molecule has 0 saturated carbocycles. The zero-order valence-electron chi connectivity index (χ0n) is 19.5. The van der Waals surface area contributed by atoms with Crippen molar-refractivity contribution in [3.8, 4) is 0 Å². The summed E-state index contributed by atoms with van der Waals surface area (Å²) in [6.45, 7) is 1.83. The molecule has 1 aliphatic rings. The minimum absolute atomic E-state index is 0.0666. The van der Waals surface area contributed by atoms with E-state index in [-0.39, 0.29) is 11.5 Å². The van der Waals surface area contributed by atoms with Gasteiger partial charge in [-0.3, -0.25) is 9.59 Å². The number of nitrogens with one attached hydrogen (secondary N) is 2. The monoisotopic (exact) mass is 482 g/mol. The number of benzene rings is 3. The maximum absolute atomic E-state index is 14.3. The van der Waals surface area contributed by atoms with Gasteiger partial charge in [-0.2, -0.15) is 0 Å². The van der Waals surface area contributed by atoms with Crippen LogP contribution in [-0.2, 0) is 16.1 Å². The molecule has 3 aromatic carbocycles. The Kier molecular flexibility index (Phi) is 6.08. The second-order valence-corrected chi connectivity index (χ2v) is 8.61. The highest BCUT2D eigenvalue weighted by Gasteiger charge is 2.35. The van der Waals surface area contributed by atoms with Crippen LogP contribution in [0.1, 0.15) is 16.7 Å². The molecule has 4 amide bonds. The summed E-state index contributed by atoms with van der Waals surface area (Å²) in [6, 6.07) is 20.7. The number of fused-ring (bicyclic) bond motifs is 1. The van der Waals surface area contributed by atoms with E-state index < -0.39 is 24.4 Å². The first-order chi connectivity index (χ1) is 17.4. The first kappa shape index (κ1) is 23.0. The second kappa shape index (κ2) is 9.50. The summed E-state index contributed by atoms with van der Waals surface area (Å²) >= 11 is 0. The van der Waals surface area contributed by atoms with Crippen molar-refractivity contribution in [1.82, 2.24) is 14.8 Å². The predicted molar refractivity (Wildman–Crippen MR) is 135 cm³/mol. The molecule has 7 nitrogen and oxygen atoms in total. The van der Waals surface area contributed by atoms with E-state index in [1.165, 1.54) is 6.07 Å². The highest BCUT2D eigenvalue weighted by atomic mass is 19.1. The Bertz CT molecular complexity index is 1520. The molecule has 1 saturated heterocycles. The molecule has 0 aliphatic carbocycles. The molecule has 180 valence electrons. The molecular formula is C28H23FN4O3. The highest BCUT2D eigenvalue weighted by Crippen LogP contribution is 2.26. The SMILES string of the molecule is Cc1ccc(NC(=O)CN2C(=O)NC(=Cc3cn(Cc4ccccc4F)c4ccccc34)C2=O)cc1. The van der Waals surface area contributed by atoms with E-state index in [0.717, 1.165) is 21.4 Å². The Morgan fingerprint density at radius 1 is 1.00 bits per heavy atom. The highest BCUT2D eigenvalue weighted by molar-refractivity contribution is 6.16. The second-order valence-electron chi connectivity index (χ2n) is 8.61. The van der Waals surface area contributed by atoms with Gasteiger partial charge in [0, 0.05) is 33.9 Å². The van der Waals surface area contributed by atoms with Crippen LogP contribution >= 0.6 is 0 Å². The van der Waals surface area contributed by atoms with Crippen molar-refractivity contribution in [1.29, 1.82) is 0 Å². The molecule has 2 N–H and O–H groups in total.